The highest BCUT2D eigenvalue weighted by atomic mass is 32.0. The van der Waals surface area contributed by atoms with Crippen molar-refractivity contribution in [1.82, 2.24) is 0 Å². The first-order valence-electron chi connectivity index (χ1n) is 10.6. The first-order chi connectivity index (χ1) is 18.7. The summed E-state index contributed by atoms with van der Waals surface area (Å²) < 4.78 is 225. The van der Waals surface area contributed by atoms with Gasteiger partial charge in [0, 0.05) is 16.1 Å². The summed E-state index contributed by atoms with van der Waals surface area (Å²) in [4.78, 5) is 20.1. The van der Waals surface area contributed by atoms with Crippen molar-refractivity contribution in [2.45, 2.75) is 115 Å². The Morgan fingerprint density at radius 2 is 0.705 bits per heavy atom. The van der Waals surface area contributed by atoms with Gasteiger partial charge in [0.1, 0.15) is 11.6 Å². The molecule has 2 unspecified atom stereocenters. The smallest absolute Gasteiger partial charge is 0.300 e. The number of hydrogen-bond donors (Lipinski definition) is 0. The van der Waals surface area contributed by atoms with Crippen molar-refractivity contribution in [3.8, 4) is 0 Å². The molecule has 0 aliphatic rings. The van der Waals surface area contributed by atoms with E-state index in [0.717, 1.165) is 0 Å². The number of ketones is 2. The van der Waals surface area contributed by atoms with E-state index < -0.39 is 76.0 Å². The molecule has 0 amide bonds. The van der Waals surface area contributed by atoms with E-state index in [9.17, 15) is 88.4 Å². The number of rotatable bonds is 8. The third-order valence-corrected chi connectivity index (χ3v) is 3.04. The second kappa shape index (κ2) is 21.6. The number of carbonyl (C=O) groups is 2. The average molecular weight is 744 g/mol. The van der Waals surface area contributed by atoms with Gasteiger partial charge in [0.05, 0.1) is 27.8 Å². The molecule has 0 saturated heterocycles. The van der Waals surface area contributed by atoms with Gasteiger partial charge in [-0.2, -0.15) is 39.5 Å². The van der Waals surface area contributed by atoms with Gasteiger partial charge in [-0.3, -0.25) is 9.59 Å². The summed E-state index contributed by atoms with van der Waals surface area (Å²) in [6.45, 7) is 4.00. The van der Waals surface area contributed by atoms with E-state index >= 15 is 0 Å². The molecule has 0 aliphatic heterocycles. The van der Waals surface area contributed by atoms with Crippen LogP contribution in [-0.4, -0.2) is 59.2 Å². The lowest BCUT2D eigenvalue weighted by Gasteiger charge is -2.31. The summed E-state index contributed by atoms with van der Waals surface area (Å²) in [7, 11) is 1.44. The van der Waals surface area contributed by atoms with Crippen molar-refractivity contribution in [2.75, 3.05) is 0 Å². The molecule has 0 aromatic rings. The zero-order chi connectivity index (χ0) is 38.0. The molecule has 0 aromatic carbocycles. The third kappa shape index (κ3) is 37.0. The molecular weight excluding hydrogens is 714 g/mol. The van der Waals surface area contributed by atoms with Crippen LogP contribution in [0.1, 0.15) is 67.7 Å². The first-order valence-corrected chi connectivity index (χ1v) is 13.3. The zero-order valence-corrected chi connectivity index (χ0v) is 25.7. The average Bonchev–Trinajstić information content (AvgIpc) is 2.62. The third-order valence-electron chi connectivity index (χ3n) is 3.04. The number of halogens is 20. The minimum absolute atomic E-state index is 0.0625. The van der Waals surface area contributed by atoms with E-state index in [-0.39, 0.29) is 18.0 Å². The van der Waals surface area contributed by atoms with E-state index in [4.69, 9.17) is 9.15 Å². The number of carbonyl (C=O) groups excluding carboxylic acids is 2. The Balaban J connectivity index is -0.000000107. The molecule has 24 heteroatoms. The standard InChI is InChI=1S/C5H3F9.2C5H8F4.C5H8O2.F2.FH3P2/c1-2(6,7)3(8,9)4(10,11)5(12,13)14;2*1-4(6,7)3-5(2,8)9;1-4(6)3-5(2)7;1-2;1-3-2/h1H3;2*3H2,1-2H3;3H2,1-2H3;;3H,2H2. The van der Waals surface area contributed by atoms with Crippen LogP contribution in [0.5, 0.6) is 0 Å². The van der Waals surface area contributed by atoms with Gasteiger partial charge in [-0.25, -0.2) is 39.3 Å². The monoisotopic (exact) mass is 744 g/mol. The number of alkyl halides is 17. The fourth-order valence-corrected chi connectivity index (χ4v) is 1.89. The minimum Gasteiger partial charge on any atom is -0.300 e. The second-order valence-electron chi connectivity index (χ2n) is 8.86. The molecule has 44 heavy (non-hydrogen) atoms. The van der Waals surface area contributed by atoms with E-state index in [1.807, 2.05) is 8.93 Å². The molecule has 0 radical (unpaired) electrons. The normalized spacial score (nSPS) is 12.9. The molecule has 0 fully saturated rings. The lowest BCUT2D eigenvalue weighted by molar-refractivity contribution is -0.393. The predicted molar refractivity (Wildman–Crippen MR) is 126 cm³/mol. The van der Waals surface area contributed by atoms with E-state index in [2.05, 4.69) is 0 Å². The van der Waals surface area contributed by atoms with Crippen molar-refractivity contribution in [2.24, 2.45) is 0 Å². The maximum absolute atomic E-state index is 12.0. The Labute approximate surface area is 242 Å². The molecule has 0 spiro atoms. The highest BCUT2D eigenvalue weighted by Crippen LogP contribution is 2.52. The summed E-state index contributed by atoms with van der Waals surface area (Å²) in [5, 5.41) is 0. The second-order valence-corrected chi connectivity index (χ2v) is 9.73. The van der Waals surface area contributed by atoms with Crippen LogP contribution < -0.4 is 0 Å². The SMILES string of the molecule is CC(=O)CC(C)=O.CC(F)(F)C(F)(F)C(F)(F)C(F)(F)F.CC(F)(F)CC(C)(F)F.CC(F)(F)CC(C)(F)F.FF.FPP. The Kier molecular flexibility index (Phi) is 27.1. The highest BCUT2D eigenvalue weighted by molar-refractivity contribution is 8.00. The molecule has 0 bridgehead atoms. The van der Waals surface area contributed by atoms with Crippen LogP contribution in [0.2, 0.25) is 0 Å². The van der Waals surface area contributed by atoms with Crippen LogP contribution >= 0.6 is 17.5 Å². The van der Waals surface area contributed by atoms with Gasteiger partial charge in [-0.15, -0.1) is 0 Å². The molecule has 0 aromatic heterocycles. The van der Waals surface area contributed by atoms with E-state index in [0.29, 0.717) is 27.7 Å². The van der Waals surface area contributed by atoms with Crippen LogP contribution in [-0.2, 0) is 9.59 Å². The molecule has 0 aliphatic carbocycles. The summed E-state index contributed by atoms with van der Waals surface area (Å²) >= 11 is 0. The van der Waals surface area contributed by atoms with Gasteiger partial charge in [-0.1, -0.05) is 8.93 Å². The van der Waals surface area contributed by atoms with Gasteiger partial charge in [0.15, 0.2) is 0 Å². The zero-order valence-electron chi connectivity index (χ0n) is 23.6. The number of hydrogen-bond acceptors (Lipinski definition) is 2. The predicted octanol–water partition coefficient (Wildman–Crippen LogP) is 11.6. The summed E-state index contributed by atoms with van der Waals surface area (Å²) in [6.07, 6.45) is -9.39. The lowest BCUT2D eigenvalue weighted by atomic mass is 10.1. The Bertz CT molecular complexity index is 672. The van der Waals surface area contributed by atoms with Crippen molar-refractivity contribution in [1.29, 1.82) is 0 Å². The molecule has 2 atom stereocenters. The summed E-state index contributed by atoms with van der Waals surface area (Å²) in [6, 6.07) is 0. The van der Waals surface area contributed by atoms with Gasteiger partial charge in [-0.05, 0) is 41.5 Å². The van der Waals surface area contributed by atoms with Gasteiger partial charge < -0.3 is 0 Å². The lowest BCUT2D eigenvalue weighted by Crippen LogP contribution is -2.59. The summed E-state index contributed by atoms with van der Waals surface area (Å²) in [5.74, 6) is -31.9. The Hall–Kier alpha value is -1.20. The van der Waals surface area contributed by atoms with Crippen LogP contribution in [0.3, 0.4) is 0 Å². The Morgan fingerprint density at radius 1 is 0.523 bits per heavy atom. The van der Waals surface area contributed by atoms with Crippen molar-refractivity contribution >= 4 is 29.1 Å². The molecule has 0 saturated carbocycles. The molecule has 2 nitrogen and oxygen atoms in total. The van der Waals surface area contributed by atoms with Crippen molar-refractivity contribution in [3.05, 3.63) is 0 Å². The van der Waals surface area contributed by atoms with E-state index in [1.54, 1.807) is 0 Å². The van der Waals surface area contributed by atoms with Crippen LogP contribution in [0, 0.1) is 0 Å². The molecule has 272 valence electrons. The Morgan fingerprint density at radius 3 is 0.727 bits per heavy atom. The quantitative estimate of drug-likeness (QED) is 0.141. The fourth-order valence-electron chi connectivity index (χ4n) is 1.89. The molecule has 0 heterocycles. The van der Waals surface area contributed by atoms with Gasteiger partial charge in [0.2, 0.25) is 0 Å². The van der Waals surface area contributed by atoms with Gasteiger partial charge >= 0.3 is 23.9 Å². The highest BCUT2D eigenvalue weighted by Gasteiger charge is 2.80. The minimum atomic E-state index is -6.77. The van der Waals surface area contributed by atoms with Crippen molar-refractivity contribution < 1.29 is 97.6 Å². The largest absolute Gasteiger partial charge is 0.460 e. The van der Waals surface area contributed by atoms with Crippen LogP contribution in [0.25, 0.3) is 0 Å². The topological polar surface area (TPSA) is 34.1 Å². The maximum atomic E-state index is 12.0. The van der Waals surface area contributed by atoms with E-state index in [1.165, 1.54) is 13.8 Å². The molecule has 0 rings (SSSR count). The first kappa shape index (κ1) is 55.2. The number of Topliss-reactive ketones (excluding diaryl/α,β-unsaturated/α-hetero) is 2. The van der Waals surface area contributed by atoms with Crippen molar-refractivity contribution in [3.63, 3.8) is 0 Å². The van der Waals surface area contributed by atoms with Crippen LogP contribution in [0.4, 0.5) is 88.0 Å². The fraction of sp³-hybridized carbons (Fsp3) is 0.900. The molecular formula is C20H30F20O2P2. The maximum Gasteiger partial charge on any atom is 0.460 e. The molecule has 0 N–H and O–H groups in total. The van der Waals surface area contributed by atoms with Gasteiger partial charge in [0.25, 0.3) is 23.7 Å². The van der Waals surface area contributed by atoms with Crippen LogP contribution in [0.15, 0.2) is 0 Å². The summed E-state index contributed by atoms with van der Waals surface area (Å²) in [5.41, 5.74) is 0.